The van der Waals surface area contributed by atoms with Gasteiger partial charge < -0.3 is 9.88 Å². The van der Waals surface area contributed by atoms with Crippen molar-refractivity contribution in [2.45, 2.75) is 58.5 Å². The zero-order chi connectivity index (χ0) is 29.5. The SMILES string of the molecule is CC1C(CN2C(=O)C(CCn3ccnc3)(Cc3ccncc3)N/C2=C\C(=O)c2ccc(C#N)cc2)CC2CC1C2(C)C. The van der Waals surface area contributed by atoms with Crippen LogP contribution in [0.25, 0.3) is 0 Å². The number of benzene rings is 1. The maximum atomic E-state index is 14.6. The molecule has 5 unspecified atom stereocenters. The molecule has 1 amide bonds. The molecule has 4 aliphatic rings. The topological polar surface area (TPSA) is 104 Å². The zero-order valence-electron chi connectivity index (χ0n) is 24.5. The van der Waals surface area contributed by atoms with Crippen LogP contribution >= 0.6 is 0 Å². The van der Waals surface area contributed by atoms with Gasteiger partial charge in [0.1, 0.15) is 11.4 Å². The lowest BCUT2D eigenvalue weighted by molar-refractivity contribution is -0.142. The molecule has 3 heterocycles. The van der Waals surface area contributed by atoms with Crippen LogP contribution in [0.1, 0.15) is 61.5 Å². The van der Waals surface area contributed by atoms with Gasteiger partial charge in [-0.1, -0.05) is 20.8 Å². The molecule has 2 aromatic heterocycles. The van der Waals surface area contributed by atoms with E-state index in [1.165, 1.54) is 6.42 Å². The molecule has 3 aromatic rings. The van der Waals surface area contributed by atoms with Gasteiger partial charge in [-0.15, -0.1) is 0 Å². The minimum atomic E-state index is -0.928. The first-order valence-electron chi connectivity index (χ1n) is 14.9. The summed E-state index contributed by atoms with van der Waals surface area (Å²) in [6.45, 7) is 8.31. The Kier molecular flexibility index (Phi) is 7.22. The number of ketones is 1. The summed E-state index contributed by atoms with van der Waals surface area (Å²) in [5.74, 6) is 2.55. The standard InChI is InChI=1S/C34H38N6O2/c1-23-27(16-28-17-29(23)33(28,2)3)21-40-31(18-30(41)26-6-4-25(20-35)5-7-26)38-34(32(40)42,10-14-39-15-13-37-22-39)19-24-8-11-36-12-9-24/h4-9,11-13,15,18,22-23,27-29,38H,10,14,16-17,19,21H2,1-3H3/b31-18+. The summed E-state index contributed by atoms with van der Waals surface area (Å²) < 4.78 is 1.98. The number of aromatic nitrogens is 3. The van der Waals surface area contributed by atoms with Crippen LogP contribution in [0.4, 0.5) is 0 Å². The number of carbonyl (C=O) groups excluding carboxylic acids is 2. The third-order valence-corrected chi connectivity index (χ3v) is 10.4. The summed E-state index contributed by atoms with van der Waals surface area (Å²) in [5, 5.41) is 12.8. The molecule has 4 fully saturated rings. The fourth-order valence-electron chi connectivity index (χ4n) is 7.64. The molecule has 216 valence electrons. The highest BCUT2D eigenvalue weighted by molar-refractivity contribution is 6.06. The zero-order valence-corrected chi connectivity index (χ0v) is 24.5. The quantitative estimate of drug-likeness (QED) is 0.291. The molecule has 7 rings (SSSR count). The number of pyridine rings is 1. The molecule has 42 heavy (non-hydrogen) atoms. The van der Waals surface area contributed by atoms with Gasteiger partial charge in [-0.25, -0.2) is 4.98 Å². The molecule has 1 aromatic carbocycles. The second kappa shape index (κ2) is 10.9. The van der Waals surface area contributed by atoms with Gasteiger partial charge in [-0.05, 0) is 90.3 Å². The summed E-state index contributed by atoms with van der Waals surface area (Å²) in [6.07, 6.45) is 13.8. The number of nitriles is 1. The van der Waals surface area contributed by atoms with Gasteiger partial charge >= 0.3 is 0 Å². The summed E-state index contributed by atoms with van der Waals surface area (Å²) in [5.41, 5.74) is 1.41. The van der Waals surface area contributed by atoms with Crippen molar-refractivity contribution < 1.29 is 9.59 Å². The summed E-state index contributed by atoms with van der Waals surface area (Å²) in [4.78, 5) is 38.4. The Hall–Kier alpha value is -4.25. The van der Waals surface area contributed by atoms with Crippen LogP contribution in [0, 0.1) is 40.4 Å². The highest BCUT2D eigenvalue weighted by Gasteiger charge is 2.57. The monoisotopic (exact) mass is 562 g/mol. The van der Waals surface area contributed by atoms with Crippen molar-refractivity contribution in [3.8, 4) is 6.07 Å². The lowest BCUT2D eigenvalue weighted by Crippen LogP contribution is -2.57. The largest absolute Gasteiger partial charge is 0.357 e. The Labute approximate surface area is 247 Å². The van der Waals surface area contributed by atoms with E-state index in [1.54, 1.807) is 55.3 Å². The Morgan fingerprint density at radius 2 is 1.88 bits per heavy atom. The van der Waals surface area contributed by atoms with Crippen LogP contribution in [0.3, 0.4) is 0 Å². The number of nitrogens with zero attached hydrogens (tertiary/aromatic N) is 5. The Morgan fingerprint density at radius 3 is 2.52 bits per heavy atom. The average Bonchev–Trinajstić information content (AvgIpc) is 3.60. The number of nitrogens with one attached hydrogen (secondary N) is 1. The molecule has 1 aliphatic heterocycles. The molecule has 5 atom stereocenters. The van der Waals surface area contributed by atoms with E-state index >= 15 is 0 Å². The minimum absolute atomic E-state index is 0.00372. The second-order valence-corrected chi connectivity index (χ2v) is 13.0. The number of amides is 1. The van der Waals surface area contributed by atoms with E-state index in [1.807, 2.05) is 27.8 Å². The molecule has 1 N–H and O–H groups in total. The van der Waals surface area contributed by atoms with Gasteiger partial charge in [0.2, 0.25) is 0 Å². The highest BCUT2D eigenvalue weighted by atomic mass is 16.2. The number of hydrogen-bond donors (Lipinski definition) is 1. The minimum Gasteiger partial charge on any atom is -0.357 e. The second-order valence-electron chi connectivity index (χ2n) is 13.0. The molecular weight excluding hydrogens is 524 g/mol. The predicted octanol–water partition coefficient (Wildman–Crippen LogP) is 5.00. The number of rotatable bonds is 9. The first-order valence-corrected chi connectivity index (χ1v) is 14.9. The molecular formula is C34H38N6O2. The maximum Gasteiger partial charge on any atom is 0.254 e. The van der Waals surface area contributed by atoms with Crippen molar-refractivity contribution >= 4 is 11.7 Å². The number of imidazole rings is 1. The lowest BCUT2D eigenvalue weighted by Gasteiger charge is -2.62. The van der Waals surface area contributed by atoms with Crippen molar-refractivity contribution in [3.63, 3.8) is 0 Å². The third kappa shape index (κ3) is 5.02. The van der Waals surface area contributed by atoms with Gasteiger partial charge in [-0.2, -0.15) is 5.26 Å². The van der Waals surface area contributed by atoms with Crippen LogP contribution in [-0.2, 0) is 17.8 Å². The smallest absolute Gasteiger partial charge is 0.254 e. The number of fused-ring (bicyclic) bond motifs is 2. The normalized spacial score (nSPS) is 28.7. The van der Waals surface area contributed by atoms with E-state index in [9.17, 15) is 14.9 Å². The molecule has 0 spiro atoms. The fourth-order valence-corrected chi connectivity index (χ4v) is 7.64. The molecule has 3 aliphatic carbocycles. The average molecular weight is 563 g/mol. The van der Waals surface area contributed by atoms with Crippen molar-refractivity contribution in [3.05, 3.63) is 96.1 Å². The summed E-state index contributed by atoms with van der Waals surface area (Å²) >= 11 is 0. The van der Waals surface area contributed by atoms with Gasteiger partial charge in [0.05, 0.1) is 18.0 Å². The van der Waals surface area contributed by atoms with E-state index in [2.05, 4.69) is 42.1 Å². The maximum absolute atomic E-state index is 14.6. The predicted molar refractivity (Wildman–Crippen MR) is 159 cm³/mol. The van der Waals surface area contributed by atoms with Crippen LogP contribution in [0.5, 0.6) is 0 Å². The molecule has 1 saturated heterocycles. The Bertz CT molecular complexity index is 1520. The van der Waals surface area contributed by atoms with Crippen LogP contribution in [0.15, 0.2) is 79.4 Å². The summed E-state index contributed by atoms with van der Waals surface area (Å²) in [6, 6.07) is 12.6. The Balaban J connectivity index is 1.35. The molecule has 8 heteroatoms. The molecule has 3 saturated carbocycles. The van der Waals surface area contributed by atoms with Gasteiger partial charge in [0, 0.05) is 55.9 Å². The van der Waals surface area contributed by atoms with Gasteiger partial charge in [0.25, 0.3) is 5.91 Å². The van der Waals surface area contributed by atoms with Crippen molar-refractivity contribution in [1.29, 1.82) is 5.26 Å². The number of allylic oxidation sites excluding steroid dienone is 1. The van der Waals surface area contributed by atoms with E-state index in [-0.39, 0.29) is 11.7 Å². The summed E-state index contributed by atoms with van der Waals surface area (Å²) in [7, 11) is 0. The van der Waals surface area contributed by atoms with E-state index in [4.69, 9.17) is 0 Å². The van der Waals surface area contributed by atoms with Gasteiger partial charge in [0.15, 0.2) is 5.78 Å². The van der Waals surface area contributed by atoms with E-state index in [0.717, 1.165) is 12.0 Å². The first-order chi connectivity index (χ1) is 20.2. The van der Waals surface area contributed by atoms with E-state index < -0.39 is 5.54 Å². The number of aryl methyl sites for hydroxylation is 1. The number of carbonyl (C=O) groups is 2. The first kappa shape index (κ1) is 27.9. The molecule has 0 radical (unpaired) electrons. The number of hydrogen-bond acceptors (Lipinski definition) is 6. The van der Waals surface area contributed by atoms with E-state index in [0.29, 0.717) is 72.0 Å². The van der Waals surface area contributed by atoms with Crippen LogP contribution in [-0.4, -0.2) is 43.2 Å². The van der Waals surface area contributed by atoms with Gasteiger partial charge in [-0.3, -0.25) is 19.5 Å². The molecule has 2 bridgehead atoms. The third-order valence-electron chi connectivity index (χ3n) is 10.4. The highest BCUT2D eigenvalue weighted by Crippen LogP contribution is 2.63. The van der Waals surface area contributed by atoms with Crippen LogP contribution < -0.4 is 5.32 Å². The Morgan fingerprint density at radius 1 is 1.12 bits per heavy atom. The van der Waals surface area contributed by atoms with Crippen molar-refractivity contribution in [2.75, 3.05) is 6.54 Å². The molecule has 8 nitrogen and oxygen atoms in total. The lowest BCUT2D eigenvalue weighted by atomic mass is 9.43. The van der Waals surface area contributed by atoms with Crippen LogP contribution in [0.2, 0.25) is 0 Å². The fraction of sp³-hybridized carbons (Fsp3) is 0.441. The van der Waals surface area contributed by atoms with Crippen molar-refractivity contribution in [2.24, 2.45) is 29.1 Å². The van der Waals surface area contributed by atoms with Crippen molar-refractivity contribution in [1.82, 2.24) is 24.8 Å².